The Labute approximate surface area is 108 Å². The van der Waals surface area contributed by atoms with E-state index in [2.05, 4.69) is 13.5 Å². The molecular weight excluding hydrogens is 232 g/mol. The minimum Gasteiger partial charge on any atom is -0.293 e. The number of carbonyl (C=O) groups excluding carboxylic acids is 1. The van der Waals surface area contributed by atoms with Gasteiger partial charge in [-0.1, -0.05) is 74.7 Å². The SMILES string of the molecule is C=C(Cl)C(CCCCC)C(=O)c1ccccc1. The van der Waals surface area contributed by atoms with Gasteiger partial charge in [-0.2, -0.15) is 0 Å². The molecular formula is C15H19ClO. The van der Waals surface area contributed by atoms with Gasteiger partial charge < -0.3 is 0 Å². The Morgan fingerprint density at radius 1 is 1.29 bits per heavy atom. The summed E-state index contributed by atoms with van der Waals surface area (Å²) in [7, 11) is 0. The van der Waals surface area contributed by atoms with Crippen LogP contribution in [0.1, 0.15) is 43.0 Å². The number of hydrogen-bond donors (Lipinski definition) is 0. The van der Waals surface area contributed by atoms with Gasteiger partial charge >= 0.3 is 0 Å². The molecule has 0 spiro atoms. The second kappa shape index (κ2) is 7.29. The summed E-state index contributed by atoms with van der Waals surface area (Å²) >= 11 is 5.95. The molecule has 92 valence electrons. The van der Waals surface area contributed by atoms with Gasteiger partial charge in [0.2, 0.25) is 0 Å². The molecule has 0 fully saturated rings. The van der Waals surface area contributed by atoms with Crippen molar-refractivity contribution >= 4 is 17.4 Å². The lowest BCUT2D eigenvalue weighted by atomic mass is 9.92. The minimum absolute atomic E-state index is 0.0849. The monoisotopic (exact) mass is 250 g/mol. The Bertz CT molecular complexity index is 370. The van der Waals surface area contributed by atoms with E-state index in [1.807, 2.05) is 30.3 Å². The van der Waals surface area contributed by atoms with Crippen LogP contribution in [-0.2, 0) is 0 Å². The Kier molecular flexibility index (Phi) is 5.99. The summed E-state index contributed by atoms with van der Waals surface area (Å²) in [6, 6.07) is 9.29. The molecule has 1 aromatic carbocycles. The molecule has 0 heterocycles. The summed E-state index contributed by atoms with van der Waals surface area (Å²) in [5, 5.41) is 0.454. The number of benzene rings is 1. The Balaban J connectivity index is 2.71. The van der Waals surface area contributed by atoms with Crippen molar-refractivity contribution in [2.45, 2.75) is 32.6 Å². The highest BCUT2D eigenvalue weighted by molar-refractivity contribution is 6.31. The van der Waals surface area contributed by atoms with Crippen LogP contribution in [0.4, 0.5) is 0 Å². The van der Waals surface area contributed by atoms with Crippen molar-refractivity contribution in [1.29, 1.82) is 0 Å². The van der Waals surface area contributed by atoms with Crippen molar-refractivity contribution in [1.82, 2.24) is 0 Å². The molecule has 0 aliphatic carbocycles. The van der Waals surface area contributed by atoms with Gasteiger partial charge in [0.05, 0.1) is 5.92 Å². The number of allylic oxidation sites excluding steroid dienone is 1. The third-order valence-electron chi connectivity index (χ3n) is 2.85. The molecule has 0 aliphatic heterocycles. The fourth-order valence-corrected chi connectivity index (χ4v) is 2.04. The number of hydrogen-bond acceptors (Lipinski definition) is 1. The molecule has 0 saturated heterocycles. The molecule has 1 atom stereocenters. The largest absolute Gasteiger partial charge is 0.293 e. The molecule has 1 aromatic rings. The van der Waals surface area contributed by atoms with Crippen LogP contribution in [-0.4, -0.2) is 5.78 Å². The van der Waals surface area contributed by atoms with E-state index in [-0.39, 0.29) is 11.7 Å². The zero-order chi connectivity index (χ0) is 12.7. The summed E-state index contributed by atoms with van der Waals surface area (Å²) in [5.41, 5.74) is 0.718. The Morgan fingerprint density at radius 3 is 2.47 bits per heavy atom. The lowest BCUT2D eigenvalue weighted by molar-refractivity contribution is 0.0936. The standard InChI is InChI=1S/C15H19ClO/c1-3-4-6-11-14(12(2)16)15(17)13-9-7-5-8-10-13/h5,7-10,14H,2-4,6,11H2,1H3. The first-order valence-corrected chi connectivity index (χ1v) is 6.48. The first-order chi connectivity index (χ1) is 8.16. The zero-order valence-corrected chi connectivity index (χ0v) is 11.0. The van der Waals surface area contributed by atoms with Crippen LogP contribution in [0.3, 0.4) is 0 Å². The second-order valence-corrected chi connectivity index (χ2v) is 4.71. The zero-order valence-electron chi connectivity index (χ0n) is 10.3. The maximum absolute atomic E-state index is 12.2. The predicted molar refractivity (Wildman–Crippen MR) is 73.4 cm³/mol. The molecule has 2 heteroatoms. The molecule has 0 aliphatic rings. The maximum atomic E-state index is 12.2. The van der Waals surface area contributed by atoms with Crippen molar-refractivity contribution in [3.05, 3.63) is 47.5 Å². The molecule has 0 amide bonds. The van der Waals surface area contributed by atoms with Crippen LogP contribution in [0, 0.1) is 5.92 Å². The lowest BCUT2D eigenvalue weighted by Crippen LogP contribution is -2.15. The van der Waals surface area contributed by atoms with Crippen molar-refractivity contribution in [2.24, 2.45) is 5.92 Å². The van der Waals surface area contributed by atoms with E-state index in [9.17, 15) is 4.79 Å². The van der Waals surface area contributed by atoms with Gasteiger partial charge in [0, 0.05) is 10.6 Å². The van der Waals surface area contributed by atoms with E-state index in [4.69, 9.17) is 11.6 Å². The molecule has 17 heavy (non-hydrogen) atoms. The van der Waals surface area contributed by atoms with Crippen molar-refractivity contribution < 1.29 is 4.79 Å². The number of ketones is 1. The summed E-state index contributed by atoms with van der Waals surface area (Å²) in [6.07, 6.45) is 4.08. The summed E-state index contributed by atoms with van der Waals surface area (Å²) < 4.78 is 0. The van der Waals surface area contributed by atoms with Gasteiger partial charge in [-0.3, -0.25) is 4.79 Å². The maximum Gasteiger partial charge on any atom is 0.171 e. The van der Waals surface area contributed by atoms with E-state index in [0.29, 0.717) is 5.03 Å². The van der Waals surface area contributed by atoms with Crippen LogP contribution in [0.2, 0.25) is 0 Å². The van der Waals surface area contributed by atoms with E-state index in [1.54, 1.807) is 0 Å². The summed E-state index contributed by atoms with van der Waals surface area (Å²) in [4.78, 5) is 12.2. The molecule has 0 bridgehead atoms. The fraction of sp³-hybridized carbons (Fsp3) is 0.400. The van der Waals surface area contributed by atoms with Crippen LogP contribution < -0.4 is 0 Å². The topological polar surface area (TPSA) is 17.1 Å². The van der Waals surface area contributed by atoms with E-state index in [1.165, 1.54) is 0 Å². The smallest absolute Gasteiger partial charge is 0.171 e. The van der Waals surface area contributed by atoms with Gasteiger partial charge in [-0.15, -0.1) is 0 Å². The third-order valence-corrected chi connectivity index (χ3v) is 3.11. The molecule has 0 saturated carbocycles. The minimum atomic E-state index is -0.245. The number of rotatable bonds is 7. The van der Waals surface area contributed by atoms with Crippen molar-refractivity contribution in [3.8, 4) is 0 Å². The summed E-state index contributed by atoms with van der Waals surface area (Å²) in [6.45, 7) is 5.87. The average molecular weight is 251 g/mol. The van der Waals surface area contributed by atoms with Crippen LogP contribution in [0.15, 0.2) is 41.9 Å². The molecule has 0 radical (unpaired) electrons. The van der Waals surface area contributed by atoms with E-state index in [0.717, 1.165) is 31.2 Å². The number of unbranched alkanes of at least 4 members (excludes halogenated alkanes) is 2. The van der Waals surface area contributed by atoms with E-state index < -0.39 is 0 Å². The predicted octanol–water partition coefficient (Wildman–Crippen LogP) is 4.82. The highest BCUT2D eigenvalue weighted by Gasteiger charge is 2.21. The van der Waals surface area contributed by atoms with Crippen LogP contribution in [0.25, 0.3) is 0 Å². The van der Waals surface area contributed by atoms with Crippen LogP contribution in [0.5, 0.6) is 0 Å². The quantitative estimate of drug-likeness (QED) is 0.501. The van der Waals surface area contributed by atoms with Gasteiger partial charge in [0.15, 0.2) is 5.78 Å². The number of Topliss-reactive ketones (excluding diaryl/α,β-unsaturated/α-hetero) is 1. The first-order valence-electron chi connectivity index (χ1n) is 6.10. The van der Waals surface area contributed by atoms with Gasteiger partial charge in [-0.25, -0.2) is 0 Å². The van der Waals surface area contributed by atoms with E-state index >= 15 is 0 Å². The van der Waals surface area contributed by atoms with Crippen molar-refractivity contribution in [2.75, 3.05) is 0 Å². The third kappa shape index (κ3) is 4.35. The molecule has 1 rings (SSSR count). The molecule has 0 aromatic heterocycles. The molecule has 0 N–H and O–H groups in total. The highest BCUT2D eigenvalue weighted by atomic mass is 35.5. The molecule has 1 nitrogen and oxygen atoms in total. The van der Waals surface area contributed by atoms with Crippen molar-refractivity contribution in [3.63, 3.8) is 0 Å². The number of carbonyl (C=O) groups is 1. The average Bonchev–Trinajstić information content (AvgIpc) is 2.34. The van der Waals surface area contributed by atoms with Gasteiger partial charge in [0.1, 0.15) is 0 Å². The second-order valence-electron chi connectivity index (χ2n) is 4.23. The van der Waals surface area contributed by atoms with Gasteiger partial charge in [-0.05, 0) is 6.42 Å². The lowest BCUT2D eigenvalue weighted by Gasteiger charge is -2.14. The van der Waals surface area contributed by atoms with Crippen LogP contribution >= 0.6 is 11.6 Å². The normalized spacial score (nSPS) is 12.1. The Hall–Kier alpha value is -1.08. The highest BCUT2D eigenvalue weighted by Crippen LogP contribution is 2.24. The molecule has 1 unspecified atom stereocenters. The van der Waals surface area contributed by atoms with Gasteiger partial charge in [0.25, 0.3) is 0 Å². The Morgan fingerprint density at radius 2 is 1.94 bits per heavy atom. The fourth-order valence-electron chi connectivity index (χ4n) is 1.83. The summed E-state index contributed by atoms with van der Waals surface area (Å²) in [5.74, 6) is -0.160. The number of halogens is 1. The first kappa shape index (κ1) is 14.0.